The summed E-state index contributed by atoms with van der Waals surface area (Å²) in [5, 5.41) is 5.45. The van der Waals surface area contributed by atoms with Crippen molar-refractivity contribution in [2.45, 2.75) is 58.9 Å². The molecule has 1 aromatic rings. The maximum atomic E-state index is 12.1. The Bertz CT molecular complexity index is 518. The number of morpholine rings is 1. The van der Waals surface area contributed by atoms with Crippen molar-refractivity contribution < 1.29 is 9.53 Å². The van der Waals surface area contributed by atoms with Gasteiger partial charge in [0.15, 0.2) is 5.13 Å². The third-order valence-corrected chi connectivity index (χ3v) is 5.03. The maximum Gasteiger partial charge on any atom is 0.243 e. The number of hydrogen-bond acceptors (Lipinski definition) is 6. The van der Waals surface area contributed by atoms with Crippen molar-refractivity contribution in [2.24, 2.45) is 11.7 Å². The van der Waals surface area contributed by atoms with E-state index in [1.807, 2.05) is 19.2 Å². The van der Waals surface area contributed by atoms with Crippen LogP contribution in [0.3, 0.4) is 0 Å². The summed E-state index contributed by atoms with van der Waals surface area (Å²) >= 11 is 1.45. The number of nitrogens with two attached hydrogens (primary N) is 1. The Morgan fingerprint density at radius 2 is 2.12 bits per heavy atom. The van der Waals surface area contributed by atoms with E-state index in [0.29, 0.717) is 5.13 Å². The third-order valence-electron chi connectivity index (χ3n) is 4.22. The summed E-state index contributed by atoms with van der Waals surface area (Å²) in [5.74, 6) is -0.000347. The summed E-state index contributed by atoms with van der Waals surface area (Å²) in [6.45, 7) is 10.8. The monoisotopic (exact) mass is 376 g/mol. The van der Waals surface area contributed by atoms with Gasteiger partial charge in [0.1, 0.15) is 0 Å². The van der Waals surface area contributed by atoms with Crippen LogP contribution in [-0.2, 0) is 16.1 Å². The normalized spacial score (nSPS) is 24.0. The van der Waals surface area contributed by atoms with Gasteiger partial charge in [-0.1, -0.05) is 20.3 Å². The molecule has 8 heteroatoms. The summed E-state index contributed by atoms with van der Waals surface area (Å²) in [6.07, 6.45) is 1.36. The lowest BCUT2D eigenvalue weighted by Crippen LogP contribution is -2.44. The fourth-order valence-corrected chi connectivity index (χ4v) is 3.49. The Morgan fingerprint density at radius 1 is 1.50 bits per heavy atom. The second kappa shape index (κ2) is 9.68. The maximum absolute atomic E-state index is 12.1. The fraction of sp³-hybridized carbons (Fsp3) is 0.750. The number of aromatic nitrogens is 1. The molecule has 0 aromatic carbocycles. The van der Waals surface area contributed by atoms with E-state index in [1.165, 1.54) is 11.3 Å². The Balaban J connectivity index is 0.00000288. The van der Waals surface area contributed by atoms with Gasteiger partial charge in [-0.2, -0.15) is 0 Å². The van der Waals surface area contributed by atoms with Gasteiger partial charge >= 0.3 is 0 Å². The molecule has 0 bridgehead atoms. The number of carbonyl (C=O) groups excluding carboxylic acids is 1. The van der Waals surface area contributed by atoms with Gasteiger partial charge in [-0.3, -0.25) is 9.69 Å². The molecular formula is C16H29ClN4O2S. The van der Waals surface area contributed by atoms with Gasteiger partial charge in [-0.25, -0.2) is 4.98 Å². The summed E-state index contributed by atoms with van der Waals surface area (Å²) in [7, 11) is 0. The highest BCUT2D eigenvalue weighted by Gasteiger charge is 2.23. The Labute approximate surface area is 154 Å². The van der Waals surface area contributed by atoms with Gasteiger partial charge in [0, 0.05) is 25.0 Å². The van der Waals surface area contributed by atoms with Crippen LogP contribution in [0.1, 0.15) is 39.8 Å². The van der Waals surface area contributed by atoms with Crippen molar-refractivity contribution in [3.8, 4) is 0 Å². The lowest BCUT2D eigenvalue weighted by molar-refractivity contribution is -0.118. The van der Waals surface area contributed by atoms with Crippen LogP contribution in [0.15, 0.2) is 5.38 Å². The van der Waals surface area contributed by atoms with Gasteiger partial charge in [-0.05, 0) is 19.8 Å². The molecule has 0 spiro atoms. The second-order valence-electron chi connectivity index (χ2n) is 6.50. The van der Waals surface area contributed by atoms with Gasteiger partial charge in [0.05, 0.1) is 23.9 Å². The Hall–Kier alpha value is -0.730. The number of rotatable bonds is 6. The zero-order valence-electron chi connectivity index (χ0n) is 14.8. The van der Waals surface area contributed by atoms with Crippen molar-refractivity contribution in [1.82, 2.24) is 9.88 Å². The number of hydrogen-bond donors (Lipinski definition) is 2. The number of halogens is 1. The summed E-state index contributed by atoms with van der Waals surface area (Å²) in [6, 6.07) is -0.492. The van der Waals surface area contributed by atoms with Crippen molar-refractivity contribution >= 4 is 34.8 Å². The van der Waals surface area contributed by atoms with Crippen molar-refractivity contribution in [3.05, 3.63) is 11.1 Å². The van der Waals surface area contributed by atoms with Crippen molar-refractivity contribution in [3.63, 3.8) is 0 Å². The number of carbonyl (C=O) groups is 1. The molecule has 1 aliphatic rings. The minimum absolute atomic E-state index is 0. The highest BCUT2D eigenvalue weighted by molar-refractivity contribution is 7.13. The van der Waals surface area contributed by atoms with E-state index in [9.17, 15) is 4.79 Å². The lowest BCUT2D eigenvalue weighted by atomic mass is 10.00. The molecule has 1 amide bonds. The number of amides is 1. The predicted molar refractivity (Wildman–Crippen MR) is 101 cm³/mol. The predicted octanol–water partition coefficient (Wildman–Crippen LogP) is 2.49. The third kappa shape index (κ3) is 5.97. The van der Waals surface area contributed by atoms with Crippen LogP contribution < -0.4 is 11.1 Å². The van der Waals surface area contributed by atoms with E-state index in [0.717, 1.165) is 31.7 Å². The first-order valence-electron chi connectivity index (χ1n) is 8.27. The molecule has 3 N–H and O–H groups in total. The second-order valence-corrected chi connectivity index (χ2v) is 7.35. The van der Waals surface area contributed by atoms with E-state index >= 15 is 0 Å². The minimum Gasteiger partial charge on any atom is -0.373 e. The number of nitrogens with one attached hydrogen (secondary N) is 1. The topological polar surface area (TPSA) is 80.5 Å². The summed E-state index contributed by atoms with van der Waals surface area (Å²) < 4.78 is 5.74. The molecule has 0 radical (unpaired) electrons. The molecule has 24 heavy (non-hydrogen) atoms. The van der Waals surface area contributed by atoms with Gasteiger partial charge in [-0.15, -0.1) is 23.7 Å². The molecule has 0 saturated carbocycles. The SMILES string of the molecule is CCC(C)C(N)C(=O)Nc1nc(CN2CC(C)OC(C)C2)cs1.Cl. The molecule has 138 valence electrons. The minimum atomic E-state index is -0.492. The van der Waals surface area contributed by atoms with Crippen LogP contribution in [-0.4, -0.2) is 47.1 Å². The van der Waals surface area contributed by atoms with Crippen molar-refractivity contribution in [1.29, 1.82) is 0 Å². The Morgan fingerprint density at radius 3 is 2.71 bits per heavy atom. The molecule has 1 fully saturated rings. The summed E-state index contributed by atoms with van der Waals surface area (Å²) in [5.41, 5.74) is 6.92. The molecule has 4 unspecified atom stereocenters. The van der Waals surface area contributed by atoms with E-state index in [-0.39, 0.29) is 36.4 Å². The molecule has 1 saturated heterocycles. The zero-order valence-corrected chi connectivity index (χ0v) is 16.5. The highest BCUT2D eigenvalue weighted by atomic mass is 35.5. The quantitative estimate of drug-likeness (QED) is 0.797. The molecule has 1 aromatic heterocycles. The number of thiazole rings is 1. The molecule has 6 nitrogen and oxygen atoms in total. The average Bonchev–Trinajstić information content (AvgIpc) is 2.91. The summed E-state index contributed by atoms with van der Waals surface area (Å²) in [4.78, 5) is 18.9. The first-order chi connectivity index (χ1) is 10.9. The molecule has 2 heterocycles. The highest BCUT2D eigenvalue weighted by Crippen LogP contribution is 2.20. The van der Waals surface area contributed by atoms with Gasteiger partial charge in [0.2, 0.25) is 5.91 Å². The van der Waals surface area contributed by atoms with Crippen molar-refractivity contribution in [2.75, 3.05) is 18.4 Å². The van der Waals surface area contributed by atoms with E-state index in [4.69, 9.17) is 10.5 Å². The fourth-order valence-electron chi connectivity index (χ4n) is 2.78. The van der Waals surface area contributed by atoms with Gasteiger partial charge in [0.25, 0.3) is 0 Å². The number of anilines is 1. The van der Waals surface area contributed by atoms with Crippen LogP contribution >= 0.6 is 23.7 Å². The van der Waals surface area contributed by atoms with Crippen LogP contribution in [0, 0.1) is 5.92 Å². The lowest BCUT2D eigenvalue weighted by Gasteiger charge is -2.34. The number of nitrogens with zero attached hydrogens (tertiary/aromatic N) is 2. The van der Waals surface area contributed by atoms with E-state index in [2.05, 4.69) is 29.0 Å². The zero-order chi connectivity index (χ0) is 17.0. The molecule has 4 atom stereocenters. The van der Waals surface area contributed by atoms with E-state index in [1.54, 1.807) is 0 Å². The van der Waals surface area contributed by atoms with Crippen LogP contribution in [0.2, 0.25) is 0 Å². The molecule has 1 aliphatic heterocycles. The average molecular weight is 377 g/mol. The van der Waals surface area contributed by atoms with Gasteiger partial charge < -0.3 is 15.8 Å². The molecule has 0 aliphatic carbocycles. The first-order valence-corrected chi connectivity index (χ1v) is 9.15. The number of ether oxygens (including phenoxy) is 1. The van der Waals surface area contributed by atoms with E-state index < -0.39 is 6.04 Å². The standard InChI is InChI=1S/C16H28N4O2S.ClH/c1-5-10(2)14(17)15(21)19-16-18-13(9-23-16)8-20-6-11(3)22-12(4)7-20;/h9-12,14H,5-8,17H2,1-4H3,(H,18,19,21);1H. The van der Waals surface area contributed by atoms with Crippen LogP contribution in [0.4, 0.5) is 5.13 Å². The van der Waals surface area contributed by atoms with Crippen LogP contribution in [0.25, 0.3) is 0 Å². The largest absolute Gasteiger partial charge is 0.373 e. The van der Waals surface area contributed by atoms with Crippen LogP contribution in [0.5, 0.6) is 0 Å². The first kappa shape index (κ1) is 21.3. The molecular weight excluding hydrogens is 348 g/mol. The molecule has 2 rings (SSSR count). The Kier molecular flexibility index (Phi) is 8.59. The smallest absolute Gasteiger partial charge is 0.243 e.